The quantitative estimate of drug-likeness (QED) is 0.178. The average molecular weight is 653 g/mol. The standard InChI is InChI=1S/C48H32N2O/c1-4-15-33(16-5-1)34-17-14-22-38(31-34)49(36-18-6-2-7-19-36)44-30-29-39(35-27-28-41-40-23-11-13-26-45(40)51-46(41)32-35)48-47(44)42-24-10-12-25-43(42)50(48)37-20-8-3-9-21-37/h1-32H. The highest BCUT2D eigenvalue weighted by Gasteiger charge is 2.24. The molecule has 0 spiro atoms. The molecule has 0 fully saturated rings. The first-order valence-electron chi connectivity index (χ1n) is 17.4. The van der Waals surface area contributed by atoms with Crippen molar-refractivity contribution in [2.24, 2.45) is 0 Å². The molecule has 51 heavy (non-hydrogen) atoms. The maximum Gasteiger partial charge on any atom is 0.136 e. The average Bonchev–Trinajstić information content (AvgIpc) is 3.75. The molecule has 240 valence electrons. The topological polar surface area (TPSA) is 21.3 Å². The summed E-state index contributed by atoms with van der Waals surface area (Å²) in [6.07, 6.45) is 0. The minimum atomic E-state index is 0.886. The predicted molar refractivity (Wildman–Crippen MR) is 214 cm³/mol. The SMILES string of the molecule is c1ccc(-c2cccc(N(c3ccccc3)c3ccc(-c4ccc5c(c4)oc4ccccc45)c4c3c3ccccc3n4-c3ccccc3)c2)cc1. The van der Waals surface area contributed by atoms with E-state index in [2.05, 4.69) is 191 Å². The Bertz CT molecular complexity index is 2850. The molecule has 10 aromatic rings. The normalized spacial score (nSPS) is 11.5. The summed E-state index contributed by atoms with van der Waals surface area (Å²) in [4.78, 5) is 2.41. The molecule has 0 aliphatic heterocycles. The second kappa shape index (κ2) is 11.9. The van der Waals surface area contributed by atoms with Crippen molar-refractivity contribution < 1.29 is 4.42 Å². The number of anilines is 3. The van der Waals surface area contributed by atoms with Gasteiger partial charge in [0.25, 0.3) is 0 Å². The van der Waals surface area contributed by atoms with E-state index in [-0.39, 0.29) is 0 Å². The van der Waals surface area contributed by atoms with Crippen molar-refractivity contribution >= 4 is 60.8 Å². The van der Waals surface area contributed by atoms with Gasteiger partial charge < -0.3 is 13.9 Å². The molecule has 0 bridgehead atoms. The van der Waals surface area contributed by atoms with Crippen LogP contribution in [0.2, 0.25) is 0 Å². The number of hydrogen-bond acceptors (Lipinski definition) is 2. The number of hydrogen-bond donors (Lipinski definition) is 0. The first kappa shape index (κ1) is 29.1. The largest absolute Gasteiger partial charge is 0.456 e. The lowest BCUT2D eigenvalue weighted by atomic mass is 9.98. The molecule has 3 nitrogen and oxygen atoms in total. The Hall–Kier alpha value is -6.84. The third kappa shape index (κ3) is 4.82. The first-order chi connectivity index (χ1) is 25.3. The molecule has 0 radical (unpaired) electrons. The zero-order valence-corrected chi connectivity index (χ0v) is 27.8. The van der Waals surface area contributed by atoms with E-state index in [1.165, 1.54) is 21.9 Å². The Labute approximate surface area is 295 Å². The van der Waals surface area contributed by atoms with E-state index in [0.717, 1.165) is 66.8 Å². The number of fused-ring (bicyclic) bond motifs is 6. The lowest BCUT2D eigenvalue weighted by Gasteiger charge is -2.27. The van der Waals surface area contributed by atoms with E-state index in [4.69, 9.17) is 4.42 Å². The van der Waals surface area contributed by atoms with Crippen molar-refractivity contribution in [2.75, 3.05) is 4.90 Å². The van der Waals surface area contributed by atoms with Gasteiger partial charge in [0.2, 0.25) is 0 Å². The number of rotatable bonds is 6. The van der Waals surface area contributed by atoms with Gasteiger partial charge in [-0.3, -0.25) is 0 Å². The number of furan rings is 1. The molecular weight excluding hydrogens is 621 g/mol. The van der Waals surface area contributed by atoms with Gasteiger partial charge in [0.15, 0.2) is 0 Å². The molecule has 0 saturated carbocycles. The van der Waals surface area contributed by atoms with Gasteiger partial charge in [-0.2, -0.15) is 0 Å². The van der Waals surface area contributed by atoms with Crippen LogP contribution < -0.4 is 4.90 Å². The highest BCUT2D eigenvalue weighted by Crippen LogP contribution is 2.47. The third-order valence-electron chi connectivity index (χ3n) is 9.96. The molecule has 8 aromatic carbocycles. The summed E-state index contributed by atoms with van der Waals surface area (Å²) in [5, 5.41) is 4.64. The smallest absolute Gasteiger partial charge is 0.136 e. The van der Waals surface area contributed by atoms with Crippen LogP contribution in [0.5, 0.6) is 0 Å². The van der Waals surface area contributed by atoms with Crippen molar-refractivity contribution in [3.63, 3.8) is 0 Å². The number of aromatic nitrogens is 1. The number of benzene rings is 8. The van der Waals surface area contributed by atoms with Gasteiger partial charge in [-0.05, 0) is 83.4 Å². The van der Waals surface area contributed by atoms with Gasteiger partial charge in [-0.1, -0.05) is 127 Å². The molecule has 0 amide bonds. The minimum absolute atomic E-state index is 0.886. The van der Waals surface area contributed by atoms with Crippen molar-refractivity contribution in [2.45, 2.75) is 0 Å². The van der Waals surface area contributed by atoms with Crippen LogP contribution in [0.25, 0.3) is 71.7 Å². The molecule has 0 aliphatic rings. The summed E-state index contributed by atoms with van der Waals surface area (Å²) < 4.78 is 8.84. The zero-order valence-electron chi connectivity index (χ0n) is 27.8. The van der Waals surface area contributed by atoms with Gasteiger partial charge in [0.1, 0.15) is 11.2 Å². The van der Waals surface area contributed by atoms with Crippen LogP contribution in [-0.2, 0) is 0 Å². The van der Waals surface area contributed by atoms with Crippen LogP contribution in [0.4, 0.5) is 17.1 Å². The maximum atomic E-state index is 6.41. The monoisotopic (exact) mass is 652 g/mol. The summed E-state index contributed by atoms with van der Waals surface area (Å²) >= 11 is 0. The molecule has 2 heterocycles. The van der Waals surface area contributed by atoms with Gasteiger partial charge in [-0.15, -0.1) is 0 Å². The van der Waals surface area contributed by atoms with Crippen LogP contribution >= 0.6 is 0 Å². The molecule has 3 heteroatoms. The van der Waals surface area contributed by atoms with Crippen molar-refractivity contribution in [1.29, 1.82) is 0 Å². The molecule has 0 unspecified atom stereocenters. The fourth-order valence-electron chi connectivity index (χ4n) is 7.70. The Balaban J connectivity index is 1.30. The van der Waals surface area contributed by atoms with E-state index in [9.17, 15) is 0 Å². The summed E-state index contributed by atoms with van der Waals surface area (Å²) in [6.45, 7) is 0. The van der Waals surface area contributed by atoms with E-state index < -0.39 is 0 Å². The molecule has 0 saturated heterocycles. The van der Waals surface area contributed by atoms with Crippen LogP contribution in [-0.4, -0.2) is 4.57 Å². The molecule has 2 aromatic heterocycles. The van der Waals surface area contributed by atoms with Crippen LogP contribution in [0.3, 0.4) is 0 Å². The Kier molecular flexibility index (Phi) is 6.81. The fourth-order valence-corrected chi connectivity index (χ4v) is 7.70. The Morgan fingerprint density at radius 1 is 0.412 bits per heavy atom. The molecule has 0 atom stereocenters. The lowest BCUT2D eigenvalue weighted by Crippen LogP contribution is -2.10. The van der Waals surface area contributed by atoms with Crippen molar-refractivity contribution in [1.82, 2.24) is 4.57 Å². The lowest BCUT2D eigenvalue weighted by molar-refractivity contribution is 0.669. The van der Waals surface area contributed by atoms with E-state index in [1.807, 2.05) is 12.1 Å². The van der Waals surface area contributed by atoms with Crippen LogP contribution in [0, 0.1) is 0 Å². The van der Waals surface area contributed by atoms with Crippen LogP contribution in [0.1, 0.15) is 0 Å². The molecule has 10 rings (SSSR count). The minimum Gasteiger partial charge on any atom is -0.456 e. The summed E-state index contributed by atoms with van der Waals surface area (Å²) in [7, 11) is 0. The van der Waals surface area contributed by atoms with E-state index in [0.29, 0.717) is 0 Å². The van der Waals surface area contributed by atoms with Gasteiger partial charge in [0.05, 0.1) is 16.7 Å². The van der Waals surface area contributed by atoms with Gasteiger partial charge >= 0.3 is 0 Å². The molecule has 0 aliphatic carbocycles. The molecule has 0 N–H and O–H groups in total. The third-order valence-corrected chi connectivity index (χ3v) is 9.96. The Morgan fingerprint density at radius 2 is 1.06 bits per heavy atom. The van der Waals surface area contributed by atoms with Gasteiger partial charge in [0, 0.05) is 44.2 Å². The first-order valence-corrected chi connectivity index (χ1v) is 17.4. The fraction of sp³-hybridized carbons (Fsp3) is 0. The van der Waals surface area contributed by atoms with E-state index in [1.54, 1.807) is 0 Å². The highest BCUT2D eigenvalue weighted by atomic mass is 16.3. The van der Waals surface area contributed by atoms with E-state index >= 15 is 0 Å². The summed E-state index contributed by atoms with van der Waals surface area (Å²) in [6, 6.07) is 69.2. The second-order valence-electron chi connectivity index (χ2n) is 12.9. The number of para-hydroxylation sites is 4. The maximum absolute atomic E-state index is 6.41. The highest BCUT2D eigenvalue weighted by molar-refractivity contribution is 6.20. The Morgan fingerprint density at radius 3 is 1.88 bits per heavy atom. The van der Waals surface area contributed by atoms with Gasteiger partial charge in [-0.25, -0.2) is 0 Å². The van der Waals surface area contributed by atoms with Crippen molar-refractivity contribution in [3.05, 3.63) is 194 Å². The second-order valence-corrected chi connectivity index (χ2v) is 12.9. The summed E-state index contributed by atoms with van der Waals surface area (Å²) in [5.41, 5.74) is 13.1. The molecular formula is C48H32N2O. The van der Waals surface area contributed by atoms with Crippen molar-refractivity contribution in [3.8, 4) is 27.9 Å². The van der Waals surface area contributed by atoms with Crippen LogP contribution in [0.15, 0.2) is 199 Å². The zero-order chi connectivity index (χ0) is 33.7. The summed E-state index contributed by atoms with van der Waals surface area (Å²) in [5.74, 6) is 0. The predicted octanol–water partition coefficient (Wildman–Crippen LogP) is 13.5. The number of nitrogens with zero attached hydrogens (tertiary/aromatic N) is 2.